The second-order valence-corrected chi connectivity index (χ2v) is 7.89. The van der Waals surface area contributed by atoms with Gasteiger partial charge < -0.3 is 20.0 Å². The van der Waals surface area contributed by atoms with E-state index in [4.69, 9.17) is 23.2 Å². The molecule has 8 heteroatoms. The van der Waals surface area contributed by atoms with E-state index in [1.165, 1.54) is 23.1 Å². The Kier molecular flexibility index (Phi) is 6.17. The van der Waals surface area contributed by atoms with Crippen LogP contribution < -0.4 is 0 Å². The van der Waals surface area contributed by atoms with Crippen molar-refractivity contribution in [2.45, 2.75) is 6.04 Å². The number of hydrogen-bond donors (Lipinski definition) is 2. The summed E-state index contributed by atoms with van der Waals surface area (Å²) in [6.45, 7) is 0.791. The van der Waals surface area contributed by atoms with Gasteiger partial charge in [-0.1, -0.05) is 35.3 Å². The van der Waals surface area contributed by atoms with Crippen LogP contribution in [0.2, 0.25) is 10.0 Å². The molecule has 1 saturated heterocycles. The third kappa shape index (κ3) is 4.24. The number of aliphatic hydroxyl groups is 1. The average Bonchev–Trinajstić information content (AvgIpc) is 2.92. The number of aromatic hydroxyl groups is 1. The molecule has 3 rings (SSSR count). The third-order valence-corrected chi connectivity index (χ3v) is 5.18. The van der Waals surface area contributed by atoms with Crippen LogP contribution in [0, 0.1) is 0 Å². The van der Waals surface area contributed by atoms with Gasteiger partial charge >= 0.3 is 0 Å². The number of hydrogen-bond acceptors (Lipinski definition) is 5. The zero-order valence-corrected chi connectivity index (χ0v) is 17.4. The predicted molar refractivity (Wildman–Crippen MR) is 112 cm³/mol. The lowest BCUT2D eigenvalue weighted by molar-refractivity contribution is -0.140. The van der Waals surface area contributed by atoms with Crippen LogP contribution in [0.3, 0.4) is 0 Å². The number of carbonyl (C=O) groups excluding carboxylic acids is 2. The molecule has 0 saturated carbocycles. The summed E-state index contributed by atoms with van der Waals surface area (Å²) < 4.78 is 0. The lowest BCUT2D eigenvalue weighted by atomic mass is 9.95. The van der Waals surface area contributed by atoms with Gasteiger partial charge in [0, 0.05) is 23.1 Å². The topological polar surface area (TPSA) is 81.1 Å². The summed E-state index contributed by atoms with van der Waals surface area (Å²) in [4.78, 5) is 28.9. The maximum atomic E-state index is 12.9. The number of ketones is 1. The molecule has 0 unspecified atom stereocenters. The molecule has 1 fully saturated rings. The highest BCUT2D eigenvalue weighted by atomic mass is 35.5. The Hall–Kier alpha value is -2.54. The molecule has 2 aromatic rings. The van der Waals surface area contributed by atoms with Crippen molar-refractivity contribution < 1.29 is 19.8 Å². The minimum atomic E-state index is -0.841. The van der Waals surface area contributed by atoms with E-state index in [0.717, 1.165) is 0 Å². The van der Waals surface area contributed by atoms with E-state index in [9.17, 15) is 19.8 Å². The van der Waals surface area contributed by atoms with Crippen molar-refractivity contribution in [2.75, 3.05) is 27.2 Å². The van der Waals surface area contributed by atoms with Crippen LogP contribution in [0.4, 0.5) is 0 Å². The summed E-state index contributed by atoms with van der Waals surface area (Å²) in [6.07, 6.45) is 0. The fourth-order valence-electron chi connectivity index (χ4n) is 3.28. The van der Waals surface area contributed by atoms with E-state index in [-0.39, 0.29) is 28.5 Å². The smallest absolute Gasteiger partial charge is 0.295 e. The summed E-state index contributed by atoms with van der Waals surface area (Å²) >= 11 is 12.1. The number of aliphatic hydroxyl groups excluding tert-OH is 1. The molecule has 2 N–H and O–H groups in total. The predicted octanol–water partition coefficient (Wildman–Crippen LogP) is 3.68. The summed E-state index contributed by atoms with van der Waals surface area (Å²) in [7, 11) is 3.71. The summed E-state index contributed by atoms with van der Waals surface area (Å²) in [6, 6.07) is 10.0. The Bertz CT molecular complexity index is 1000. The molecule has 1 aliphatic heterocycles. The van der Waals surface area contributed by atoms with Crippen molar-refractivity contribution >= 4 is 40.7 Å². The number of likely N-dealkylation sites (N-methyl/N-ethyl adjacent to an activating group) is 1. The number of carbonyl (C=O) groups is 2. The van der Waals surface area contributed by atoms with Gasteiger partial charge in [0.1, 0.15) is 11.5 Å². The van der Waals surface area contributed by atoms with Gasteiger partial charge in [-0.3, -0.25) is 9.59 Å². The number of amides is 1. The van der Waals surface area contributed by atoms with Gasteiger partial charge in [0.25, 0.3) is 11.7 Å². The van der Waals surface area contributed by atoms with Gasteiger partial charge in [-0.05, 0) is 50.0 Å². The molecular formula is C21H20Cl2N2O4. The highest BCUT2D eigenvalue weighted by Crippen LogP contribution is 2.41. The lowest BCUT2D eigenvalue weighted by Crippen LogP contribution is -2.35. The maximum absolute atomic E-state index is 12.9. The molecule has 0 aliphatic carbocycles. The maximum Gasteiger partial charge on any atom is 0.295 e. The number of halogens is 2. The summed E-state index contributed by atoms with van der Waals surface area (Å²) in [5.41, 5.74) is 0.447. The van der Waals surface area contributed by atoms with E-state index in [1.807, 2.05) is 19.0 Å². The first-order valence-corrected chi connectivity index (χ1v) is 9.63. The van der Waals surface area contributed by atoms with Crippen molar-refractivity contribution in [3.63, 3.8) is 0 Å². The van der Waals surface area contributed by atoms with Crippen molar-refractivity contribution in [2.24, 2.45) is 0 Å². The zero-order valence-electron chi connectivity index (χ0n) is 15.9. The van der Waals surface area contributed by atoms with Crippen LogP contribution in [0.15, 0.2) is 48.0 Å². The first kappa shape index (κ1) is 21.2. The summed E-state index contributed by atoms with van der Waals surface area (Å²) in [5, 5.41) is 21.8. The van der Waals surface area contributed by atoms with E-state index >= 15 is 0 Å². The van der Waals surface area contributed by atoms with Crippen molar-refractivity contribution in [1.82, 2.24) is 9.80 Å². The van der Waals surface area contributed by atoms with E-state index in [0.29, 0.717) is 17.1 Å². The second kappa shape index (κ2) is 8.45. The van der Waals surface area contributed by atoms with Gasteiger partial charge in [-0.15, -0.1) is 0 Å². The number of Topliss-reactive ketones (excluding diaryl/α,β-unsaturated/α-hetero) is 1. The number of phenols is 1. The third-order valence-electron chi connectivity index (χ3n) is 4.71. The number of phenolic OH excluding ortho intramolecular Hbond substituents is 1. The van der Waals surface area contributed by atoms with Crippen molar-refractivity contribution in [3.05, 3.63) is 69.2 Å². The largest absolute Gasteiger partial charge is 0.507 e. The van der Waals surface area contributed by atoms with Gasteiger partial charge in [-0.2, -0.15) is 0 Å². The fraction of sp³-hybridized carbons (Fsp3) is 0.238. The zero-order chi connectivity index (χ0) is 21.3. The standard InChI is InChI=1S/C21H20Cl2N2O4/c1-24(2)8-9-25-18(12-4-3-5-13(22)10-12)17(20(28)21(25)29)19(27)15-11-14(23)6-7-16(15)26/h3-7,10-11,18,26-27H,8-9H2,1-2H3/t18-/m0/s1. The Balaban J connectivity index is 2.20. The first-order valence-electron chi connectivity index (χ1n) is 8.88. The minimum absolute atomic E-state index is 0.0184. The molecule has 0 spiro atoms. The van der Waals surface area contributed by atoms with Gasteiger partial charge in [0.2, 0.25) is 0 Å². The average molecular weight is 435 g/mol. The second-order valence-electron chi connectivity index (χ2n) is 7.01. The Labute approximate surface area is 178 Å². The van der Waals surface area contributed by atoms with Crippen LogP contribution in [-0.2, 0) is 9.59 Å². The SMILES string of the molecule is CN(C)CCN1C(=O)C(=O)C(=C(O)c2cc(Cl)ccc2O)[C@@H]1c1cccc(Cl)c1. The molecule has 2 aromatic carbocycles. The number of nitrogens with zero attached hydrogens (tertiary/aromatic N) is 2. The number of rotatable bonds is 5. The molecule has 29 heavy (non-hydrogen) atoms. The molecule has 0 aromatic heterocycles. The van der Waals surface area contributed by atoms with Crippen molar-refractivity contribution in [3.8, 4) is 5.75 Å². The molecule has 1 amide bonds. The Morgan fingerprint density at radius 3 is 2.45 bits per heavy atom. The highest BCUT2D eigenvalue weighted by Gasteiger charge is 2.46. The Morgan fingerprint density at radius 2 is 1.79 bits per heavy atom. The van der Waals surface area contributed by atoms with E-state index in [1.54, 1.807) is 24.3 Å². The fourth-order valence-corrected chi connectivity index (χ4v) is 3.66. The normalized spacial score (nSPS) is 18.7. The summed E-state index contributed by atoms with van der Waals surface area (Å²) in [5.74, 6) is -2.29. The van der Waals surface area contributed by atoms with Gasteiger partial charge in [-0.25, -0.2) is 0 Å². The lowest BCUT2D eigenvalue weighted by Gasteiger charge is -2.26. The van der Waals surface area contributed by atoms with Gasteiger partial charge in [0.05, 0.1) is 17.2 Å². The van der Waals surface area contributed by atoms with Crippen LogP contribution in [0.5, 0.6) is 5.75 Å². The molecule has 152 valence electrons. The number of likely N-dealkylation sites (tertiary alicyclic amines) is 1. The first-order chi connectivity index (χ1) is 13.7. The molecule has 0 radical (unpaired) electrons. The molecule has 1 aliphatic rings. The van der Waals surface area contributed by atoms with Crippen LogP contribution in [0.1, 0.15) is 17.2 Å². The van der Waals surface area contributed by atoms with E-state index in [2.05, 4.69) is 0 Å². The van der Waals surface area contributed by atoms with Gasteiger partial charge in [0.15, 0.2) is 0 Å². The molecule has 0 bridgehead atoms. The molecular weight excluding hydrogens is 415 g/mol. The van der Waals surface area contributed by atoms with E-state index < -0.39 is 23.5 Å². The number of benzene rings is 2. The molecule has 6 nitrogen and oxygen atoms in total. The van der Waals surface area contributed by atoms with Crippen molar-refractivity contribution in [1.29, 1.82) is 0 Å². The quantitative estimate of drug-likeness (QED) is 0.426. The molecule has 1 atom stereocenters. The Morgan fingerprint density at radius 1 is 1.10 bits per heavy atom. The van der Waals surface area contributed by atoms with Crippen LogP contribution in [-0.4, -0.2) is 58.9 Å². The van der Waals surface area contributed by atoms with Crippen LogP contribution in [0.25, 0.3) is 5.76 Å². The molecule has 1 heterocycles. The van der Waals surface area contributed by atoms with Crippen LogP contribution >= 0.6 is 23.2 Å². The highest BCUT2D eigenvalue weighted by molar-refractivity contribution is 6.46. The minimum Gasteiger partial charge on any atom is -0.507 e. The monoisotopic (exact) mass is 434 g/mol.